The van der Waals surface area contributed by atoms with Crippen LogP contribution in [0.3, 0.4) is 0 Å². The number of pyridine rings is 3. The predicted molar refractivity (Wildman–Crippen MR) is 109 cm³/mol. The monoisotopic (exact) mass is 396 g/mol. The Morgan fingerprint density at radius 3 is 2.75 bits per heavy atom. The van der Waals surface area contributed by atoms with Gasteiger partial charge in [0, 0.05) is 49.5 Å². The number of hydrogen-bond acceptors (Lipinski definition) is 5. The van der Waals surface area contributed by atoms with Crippen LogP contribution in [0.15, 0.2) is 36.8 Å². The minimum atomic E-state index is -0.398. The van der Waals surface area contributed by atoms with Crippen LogP contribution in [-0.4, -0.2) is 45.5 Å². The minimum absolute atomic E-state index is 0.298. The number of hydrogen-bond donors (Lipinski definition) is 1. The Balaban J connectivity index is 1.59. The first-order valence-electron chi connectivity index (χ1n) is 9.16. The second-order valence-electron chi connectivity index (χ2n) is 6.98. The zero-order valence-corrected chi connectivity index (χ0v) is 16.0. The van der Waals surface area contributed by atoms with Crippen molar-refractivity contribution < 1.29 is 4.39 Å². The first-order chi connectivity index (χ1) is 13.6. The molecule has 0 bridgehead atoms. The summed E-state index contributed by atoms with van der Waals surface area (Å²) < 4.78 is 16.1. The van der Waals surface area contributed by atoms with Gasteiger partial charge in [0.2, 0.25) is 0 Å². The molecule has 1 aliphatic heterocycles. The molecule has 6 nitrogen and oxygen atoms in total. The third-order valence-corrected chi connectivity index (χ3v) is 5.32. The van der Waals surface area contributed by atoms with E-state index in [9.17, 15) is 4.39 Å². The van der Waals surface area contributed by atoms with E-state index in [-0.39, 0.29) is 0 Å². The fourth-order valence-corrected chi connectivity index (χ4v) is 3.86. The molecule has 1 saturated heterocycles. The van der Waals surface area contributed by atoms with Crippen molar-refractivity contribution in [2.45, 2.75) is 6.92 Å². The number of fused-ring (bicyclic) bond motifs is 2. The highest BCUT2D eigenvalue weighted by molar-refractivity contribution is 6.35. The van der Waals surface area contributed by atoms with Crippen LogP contribution in [0.2, 0.25) is 5.02 Å². The van der Waals surface area contributed by atoms with Crippen LogP contribution in [0.25, 0.3) is 27.9 Å². The average molecular weight is 397 g/mol. The van der Waals surface area contributed by atoms with Gasteiger partial charge in [-0.2, -0.15) is 0 Å². The summed E-state index contributed by atoms with van der Waals surface area (Å²) in [6.45, 7) is 5.59. The normalized spacial score (nSPS) is 14.9. The van der Waals surface area contributed by atoms with E-state index in [0.29, 0.717) is 27.6 Å². The molecule has 0 unspecified atom stereocenters. The number of piperazine rings is 1. The fourth-order valence-electron chi connectivity index (χ4n) is 3.62. The fraction of sp³-hybridized carbons (Fsp3) is 0.250. The maximum Gasteiger partial charge on any atom is 0.173 e. The molecule has 0 spiro atoms. The van der Waals surface area contributed by atoms with E-state index < -0.39 is 5.82 Å². The quantitative estimate of drug-likeness (QED) is 0.562. The maximum atomic E-state index is 14.4. The van der Waals surface area contributed by atoms with Gasteiger partial charge in [-0.15, -0.1) is 0 Å². The summed E-state index contributed by atoms with van der Waals surface area (Å²) in [5.41, 5.74) is 3.83. The standard InChI is InChI=1S/C20H18ClFN6/c1-12-10-28-11-13(6-17(22)20(28)25-12)18-8-16(21)15-7-14(9-24-19(15)26-18)27-4-2-23-3-5-27/h6-11,23H,2-5H2,1H3. The molecule has 0 radical (unpaired) electrons. The van der Waals surface area contributed by atoms with Gasteiger partial charge >= 0.3 is 0 Å². The predicted octanol–water partition coefficient (Wildman–Crippen LogP) is 3.46. The van der Waals surface area contributed by atoms with Crippen LogP contribution >= 0.6 is 11.6 Å². The zero-order valence-electron chi connectivity index (χ0n) is 15.3. The van der Waals surface area contributed by atoms with E-state index in [2.05, 4.69) is 25.2 Å². The molecule has 1 fully saturated rings. The highest BCUT2D eigenvalue weighted by Gasteiger charge is 2.15. The summed E-state index contributed by atoms with van der Waals surface area (Å²) in [5.74, 6) is -0.398. The number of nitrogens with zero attached hydrogens (tertiary/aromatic N) is 5. The number of imidazole rings is 1. The Morgan fingerprint density at radius 2 is 1.93 bits per heavy atom. The second kappa shape index (κ2) is 6.68. The second-order valence-corrected chi connectivity index (χ2v) is 7.39. The van der Waals surface area contributed by atoms with Gasteiger partial charge in [0.1, 0.15) is 0 Å². The summed E-state index contributed by atoms with van der Waals surface area (Å²) in [7, 11) is 0. The van der Waals surface area contributed by atoms with E-state index in [4.69, 9.17) is 11.6 Å². The van der Waals surface area contributed by atoms with Crippen LogP contribution < -0.4 is 10.2 Å². The minimum Gasteiger partial charge on any atom is -0.368 e. The SMILES string of the molecule is Cc1cn2cc(-c3cc(Cl)c4cc(N5CCNCC5)cnc4n3)cc(F)c2n1. The Morgan fingerprint density at radius 1 is 1.11 bits per heavy atom. The number of rotatable bonds is 2. The van der Waals surface area contributed by atoms with Gasteiger partial charge in [0.05, 0.1) is 28.3 Å². The molecular weight excluding hydrogens is 379 g/mol. The number of aromatic nitrogens is 4. The van der Waals surface area contributed by atoms with Crippen molar-refractivity contribution in [3.8, 4) is 11.3 Å². The van der Waals surface area contributed by atoms with E-state index in [1.165, 1.54) is 6.07 Å². The molecule has 0 atom stereocenters. The van der Waals surface area contributed by atoms with Crippen molar-refractivity contribution in [3.05, 3.63) is 53.3 Å². The molecule has 28 heavy (non-hydrogen) atoms. The molecule has 0 aliphatic carbocycles. The largest absolute Gasteiger partial charge is 0.368 e. The van der Waals surface area contributed by atoms with E-state index >= 15 is 0 Å². The van der Waals surface area contributed by atoms with Crippen molar-refractivity contribution in [3.63, 3.8) is 0 Å². The highest BCUT2D eigenvalue weighted by atomic mass is 35.5. The van der Waals surface area contributed by atoms with Crippen LogP contribution in [0, 0.1) is 12.7 Å². The first kappa shape index (κ1) is 17.3. The molecule has 0 aromatic carbocycles. The summed E-state index contributed by atoms with van der Waals surface area (Å²) in [4.78, 5) is 15.6. The summed E-state index contributed by atoms with van der Waals surface area (Å²) in [5, 5.41) is 4.68. The van der Waals surface area contributed by atoms with Gasteiger partial charge < -0.3 is 14.6 Å². The maximum absolute atomic E-state index is 14.4. The lowest BCUT2D eigenvalue weighted by molar-refractivity contribution is 0.589. The molecule has 0 saturated carbocycles. The number of nitrogens with one attached hydrogen (secondary N) is 1. The van der Waals surface area contributed by atoms with Crippen LogP contribution in [0.4, 0.5) is 10.1 Å². The van der Waals surface area contributed by atoms with Crippen molar-refractivity contribution in [1.29, 1.82) is 0 Å². The van der Waals surface area contributed by atoms with Crippen molar-refractivity contribution in [2.24, 2.45) is 0 Å². The first-order valence-corrected chi connectivity index (χ1v) is 9.53. The Hall–Kier alpha value is -2.77. The third-order valence-electron chi connectivity index (χ3n) is 5.00. The summed E-state index contributed by atoms with van der Waals surface area (Å²) >= 11 is 6.56. The van der Waals surface area contributed by atoms with Crippen molar-refractivity contribution in [2.75, 3.05) is 31.1 Å². The van der Waals surface area contributed by atoms with Crippen LogP contribution in [0.5, 0.6) is 0 Å². The lowest BCUT2D eigenvalue weighted by Gasteiger charge is -2.29. The molecule has 0 amide bonds. The van der Waals surface area contributed by atoms with Gasteiger partial charge in [-0.25, -0.2) is 19.3 Å². The Labute approximate surface area is 166 Å². The Kier molecular flexibility index (Phi) is 4.14. The smallest absolute Gasteiger partial charge is 0.173 e. The zero-order chi connectivity index (χ0) is 19.3. The lowest BCUT2D eigenvalue weighted by atomic mass is 10.1. The van der Waals surface area contributed by atoms with E-state index in [1.54, 1.807) is 22.9 Å². The van der Waals surface area contributed by atoms with Gasteiger partial charge in [0.15, 0.2) is 17.1 Å². The van der Waals surface area contributed by atoms with E-state index in [0.717, 1.165) is 42.9 Å². The number of anilines is 1. The number of halogens is 2. The highest BCUT2D eigenvalue weighted by Crippen LogP contribution is 2.30. The average Bonchev–Trinajstić information content (AvgIpc) is 3.09. The van der Waals surface area contributed by atoms with Crippen molar-refractivity contribution >= 4 is 34.0 Å². The van der Waals surface area contributed by atoms with Gasteiger partial charge in [-0.3, -0.25) is 0 Å². The van der Waals surface area contributed by atoms with Gasteiger partial charge in [-0.05, 0) is 25.1 Å². The topological polar surface area (TPSA) is 58.4 Å². The van der Waals surface area contributed by atoms with Crippen molar-refractivity contribution in [1.82, 2.24) is 24.7 Å². The molecule has 142 valence electrons. The molecule has 5 heterocycles. The molecule has 8 heteroatoms. The van der Waals surface area contributed by atoms with Gasteiger partial charge in [0.25, 0.3) is 0 Å². The number of aryl methyl sites for hydroxylation is 1. The summed E-state index contributed by atoms with van der Waals surface area (Å²) in [6.07, 6.45) is 5.41. The Bertz CT molecular complexity index is 1200. The van der Waals surface area contributed by atoms with E-state index in [1.807, 2.05) is 19.2 Å². The molecule has 4 aromatic heterocycles. The molecule has 1 aliphatic rings. The molecule has 5 rings (SSSR count). The summed E-state index contributed by atoms with van der Waals surface area (Å²) in [6, 6.07) is 5.22. The third kappa shape index (κ3) is 2.96. The molecule has 1 N–H and O–H groups in total. The lowest BCUT2D eigenvalue weighted by Crippen LogP contribution is -2.43. The molecule has 4 aromatic rings. The van der Waals surface area contributed by atoms with Gasteiger partial charge in [-0.1, -0.05) is 11.6 Å². The van der Waals surface area contributed by atoms with Crippen LogP contribution in [-0.2, 0) is 0 Å². The van der Waals surface area contributed by atoms with Crippen LogP contribution in [0.1, 0.15) is 5.69 Å². The molecular formula is C20H18ClFN6.